The summed E-state index contributed by atoms with van der Waals surface area (Å²) in [7, 11) is 2.00. The number of hydrogen-bond donors (Lipinski definition) is 1. The summed E-state index contributed by atoms with van der Waals surface area (Å²) < 4.78 is 0. The van der Waals surface area contributed by atoms with Crippen LogP contribution in [0.25, 0.3) is 0 Å². The van der Waals surface area contributed by atoms with Gasteiger partial charge < -0.3 is 5.32 Å². The highest BCUT2D eigenvalue weighted by Gasteiger charge is 2.13. The first-order valence-corrected chi connectivity index (χ1v) is 7.23. The zero-order valence-corrected chi connectivity index (χ0v) is 12.0. The average Bonchev–Trinajstić information content (AvgIpc) is 2.83. The molecule has 0 spiro atoms. The molecule has 1 atom stereocenters. The lowest BCUT2D eigenvalue weighted by molar-refractivity contribution is 0.643. The van der Waals surface area contributed by atoms with Crippen molar-refractivity contribution in [1.29, 1.82) is 0 Å². The molecule has 2 aromatic rings. The minimum Gasteiger partial charge on any atom is -0.309 e. The summed E-state index contributed by atoms with van der Waals surface area (Å²) in [5, 5.41) is 3.37. The van der Waals surface area contributed by atoms with Gasteiger partial charge in [0.2, 0.25) is 0 Å². The summed E-state index contributed by atoms with van der Waals surface area (Å²) in [4.78, 5) is 5.43. The predicted octanol–water partition coefficient (Wildman–Crippen LogP) is 3.65. The van der Waals surface area contributed by atoms with Crippen LogP contribution in [0.1, 0.15) is 35.9 Å². The molecule has 96 valence electrons. The van der Waals surface area contributed by atoms with E-state index in [0.29, 0.717) is 5.92 Å². The molecule has 0 aliphatic heterocycles. The van der Waals surface area contributed by atoms with E-state index in [1.165, 1.54) is 16.0 Å². The van der Waals surface area contributed by atoms with Crippen LogP contribution < -0.4 is 5.32 Å². The van der Waals surface area contributed by atoms with Crippen molar-refractivity contribution in [1.82, 2.24) is 10.3 Å². The van der Waals surface area contributed by atoms with Crippen LogP contribution in [0.3, 0.4) is 0 Å². The molecule has 0 aliphatic rings. The van der Waals surface area contributed by atoms with Crippen LogP contribution in [0, 0.1) is 5.92 Å². The van der Waals surface area contributed by atoms with Crippen LogP contribution in [0.15, 0.2) is 36.0 Å². The van der Waals surface area contributed by atoms with Gasteiger partial charge in [-0.1, -0.05) is 38.1 Å². The number of aromatic nitrogens is 1. The number of nitrogens with one attached hydrogen (secondary N) is 1. The first-order chi connectivity index (χ1) is 8.70. The molecule has 0 radical (unpaired) electrons. The van der Waals surface area contributed by atoms with Crippen LogP contribution in [-0.2, 0) is 6.42 Å². The van der Waals surface area contributed by atoms with Gasteiger partial charge in [0.1, 0.15) is 0 Å². The van der Waals surface area contributed by atoms with Gasteiger partial charge >= 0.3 is 0 Å². The van der Waals surface area contributed by atoms with Crippen molar-refractivity contribution < 1.29 is 0 Å². The molecular weight excluding hydrogens is 240 g/mol. The van der Waals surface area contributed by atoms with Gasteiger partial charge in [0.05, 0.1) is 11.6 Å². The Bertz CT molecular complexity index is 477. The van der Waals surface area contributed by atoms with E-state index in [4.69, 9.17) is 0 Å². The van der Waals surface area contributed by atoms with Crippen LogP contribution in [0.5, 0.6) is 0 Å². The van der Waals surface area contributed by atoms with Gasteiger partial charge in [-0.05, 0) is 30.5 Å². The van der Waals surface area contributed by atoms with Crippen molar-refractivity contribution in [2.24, 2.45) is 5.92 Å². The van der Waals surface area contributed by atoms with Crippen molar-refractivity contribution in [3.63, 3.8) is 0 Å². The second-order valence-electron chi connectivity index (χ2n) is 4.97. The van der Waals surface area contributed by atoms with Crippen LogP contribution >= 0.6 is 11.3 Å². The summed E-state index contributed by atoms with van der Waals surface area (Å²) in [6.45, 7) is 4.51. The van der Waals surface area contributed by atoms with Gasteiger partial charge in [0.25, 0.3) is 0 Å². The zero-order valence-electron chi connectivity index (χ0n) is 11.2. The summed E-state index contributed by atoms with van der Waals surface area (Å²) in [6, 6.07) is 9.11. The van der Waals surface area contributed by atoms with Crippen molar-refractivity contribution in [3.05, 3.63) is 52.0 Å². The summed E-state index contributed by atoms with van der Waals surface area (Å²) in [5.41, 5.74) is 4.62. The Hall–Kier alpha value is -1.19. The summed E-state index contributed by atoms with van der Waals surface area (Å²) in [5.74, 6) is 0.691. The van der Waals surface area contributed by atoms with E-state index in [1.54, 1.807) is 11.3 Å². The van der Waals surface area contributed by atoms with E-state index in [2.05, 4.69) is 48.4 Å². The number of thiazole rings is 1. The maximum atomic E-state index is 4.17. The largest absolute Gasteiger partial charge is 0.309 e. The first kappa shape index (κ1) is 13.2. The van der Waals surface area contributed by atoms with E-state index < -0.39 is 0 Å². The Labute approximate surface area is 113 Å². The lowest BCUT2D eigenvalue weighted by Crippen LogP contribution is -2.16. The van der Waals surface area contributed by atoms with Gasteiger partial charge in [-0.2, -0.15) is 0 Å². The van der Waals surface area contributed by atoms with E-state index in [-0.39, 0.29) is 6.04 Å². The fraction of sp³-hybridized carbons (Fsp3) is 0.400. The average molecular weight is 260 g/mol. The van der Waals surface area contributed by atoms with Gasteiger partial charge in [0.15, 0.2) is 0 Å². The smallest absolute Gasteiger partial charge is 0.0794 e. The molecule has 0 aliphatic carbocycles. The number of benzene rings is 1. The quantitative estimate of drug-likeness (QED) is 0.887. The predicted molar refractivity (Wildman–Crippen MR) is 78.0 cm³/mol. The van der Waals surface area contributed by atoms with Crippen LogP contribution in [0.4, 0.5) is 0 Å². The minimum atomic E-state index is 0.254. The molecule has 1 aromatic carbocycles. The van der Waals surface area contributed by atoms with Crippen molar-refractivity contribution in [2.75, 3.05) is 7.05 Å². The molecule has 0 bridgehead atoms. The van der Waals surface area contributed by atoms with E-state index in [0.717, 1.165) is 6.42 Å². The second kappa shape index (κ2) is 6.12. The standard InChI is InChI=1S/C15H20N2S/c1-11(2)7-12-5-4-6-13(8-12)15(16-3)14-9-17-10-18-14/h4-6,8-11,15-16H,7H2,1-3H3. The topological polar surface area (TPSA) is 24.9 Å². The second-order valence-corrected chi connectivity index (χ2v) is 5.89. The first-order valence-electron chi connectivity index (χ1n) is 6.35. The molecule has 0 saturated carbocycles. The Morgan fingerprint density at radius 3 is 2.78 bits per heavy atom. The van der Waals surface area contributed by atoms with Crippen LogP contribution in [0.2, 0.25) is 0 Å². The number of rotatable bonds is 5. The van der Waals surface area contributed by atoms with E-state index in [9.17, 15) is 0 Å². The molecule has 0 saturated heterocycles. The zero-order chi connectivity index (χ0) is 13.0. The molecule has 1 aromatic heterocycles. The highest BCUT2D eigenvalue weighted by atomic mass is 32.1. The Morgan fingerprint density at radius 2 is 2.17 bits per heavy atom. The number of nitrogens with zero attached hydrogens (tertiary/aromatic N) is 1. The maximum Gasteiger partial charge on any atom is 0.0794 e. The van der Waals surface area contributed by atoms with Crippen molar-refractivity contribution >= 4 is 11.3 Å². The molecule has 3 heteroatoms. The van der Waals surface area contributed by atoms with Crippen molar-refractivity contribution in [2.45, 2.75) is 26.3 Å². The van der Waals surface area contributed by atoms with Gasteiger partial charge in [-0.3, -0.25) is 4.98 Å². The lowest BCUT2D eigenvalue weighted by Gasteiger charge is -2.16. The van der Waals surface area contributed by atoms with Gasteiger partial charge in [-0.15, -0.1) is 11.3 Å². The summed E-state index contributed by atoms with van der Waals surface area (Å²) in [6.07, 6.45) is 3.08. The van der Waals surface area contributed by atoms with Crippen molar-refractivity contribution in [3.8, 4) is 0 Å². The molecule has 1 N–H and O–H groups in total. The van der Waals surface area contributed by atoms with Gasteiger partial charge in [0, 0.05) is 11.1 Å². The number of hydrogen-bond acceptors (Lipinski definition) is 3. The third kappa shape index (κ3) is 3.18. The molecule has 0 fully saturated rings. The van der Waals surface area contributed by atoms with E-state index in [1.807, 2.05) is 18.8 Å². The molecule has 1 heterocycles. The molecule has 0 amide bonds. The van der Waals surface area contributed by atoms with Crippen LogP contribution in [-0.4, -0.2) is 12.0 Å². The van der Waals surface area contributed by atoms with E-state index >= 15 is 0 Å². The Kier molecular flexibility index (Phi) is 4.50. The fourth-order valence-electron chi connectivity index (χ4n) is 2.21. The Balaban J connectivity index is 2.26. The SMILES string of the molecule is CNC(c1cccc(CC(C)C)c1)c1cncs1. The monoisotopic (exact) mass is 260 g/mol. The summed E-state index contributed by atoms with van der Waals surface area (Å²) >= 11 is 1.70. The molecular formula is C15H20N2S. The molecule has 2 rings (SSSR count). The normalized spacial score (nSPS) is 12.9. The maximum absolute atomic E-state index is 4.17. The third-order valence-corrected chi connectivity index (χ3v) is 3.79. The molecule has 2 nitrogen and oxygen atoms in total. The lowest BCUT2D eigenvalue weighted by atomic mass is 9.98. The van der Waals surface area contributed by atoms with Gasteiger partial charge in [-0.25, -0.2) is 0 Å². The molecule has 1 unspecified atom stereocenters. The highest BCUT2D eigenvalue weighted by molar-refractivity contribution is 7.09. The molecule has 18 heavy (non-hydrogen) atoms. The third-order valence-electron chi connectivity index (χ3n) is 2.95. The highest BCUT2D eigenvalue weighted by Crippen LogP contribution is 2.25. The Morgan fingerprint density at radius 1 is 1.33 bits per heavy atom. The fourth-order valence-corrected chi connectivity index (χ4v) is 2.97. The minimum absolute atomic E-state index is 0.254.